The Balaban J connectivity index is 1.86. The van der Waals surface area contributed by atoms with Gasteiger partial charge in [0.05, 0.1) is 32.1 Å². The molecule has 2 heterocycles. The van der Waals surface area contributed by atoms with Crippen LogP contribution in [-0.2, 0) is 9.47 Å². The monoisotopic (exact) mass is 353 g/mol. The molecule has 1 aromatic heterocycles. The molecule has 3 rings (SSSR count). The topological polar surface area (TPSA) is 57.7 Å². The molecule has 0 N–H and O–H groups in total. The first-order valence-corrected chi connectivity index (χ1v) is 8.41. The number of halogens is 1. The highest BCUT2D eigenvalue weighted by atomic mass is 35.5. The Morgan fingerprint density at radius 1 is 1.48 bits per heavy atom. The molecule has 0 radical (unpaired) electrons. The molecule has 0 unspecified atom stereocenters. The molecule has 7 heteroatoms. The summed E-state index contributed by atoms with van der Waals surface area (Å²) in [4.78, 5) is 16.1. The fourth-order valence-corrected chi connectivity index (χ4v) is 3.26. The van der Waals surface area contributed by atoms with Crippen molar-refractivity contribution in [2.24, 2.45) is 5.92 Å². The van der Waals surface area contributed by atoms with Crippen LogP contribution in [-0.4, -0.2) is 37.9 Å². The van der Waals surface area contributed by atoms with Crippen LogP contribution in [0, 0.1) is 5.92 Å². The van der Waals surface area contributed by atoms with Gasteiger partial charge in [0.25, 0.3) is 0 Å². The van der Waals surface area contributed by atoms with Gasteiger partial charge in [0.1, 0.15) is 15.1 Å². The molecule has 0 spiro atoms. The van der Waals surface area contributed by atoms with Crippen molar-refractivity contribution < 1.29 is 19.0 Å². The number of carbonyl (C=O) groups is 1. The molecule has 0 saturated carbocycles. The minimum absolute atomic E-state index is 0.384. The average Bonchev–Trinajstić information content (AvgIpc) is 3.23. The van der Waals surface area contributed by atoms with Gasteiger partial charge in [-0.15, -0.1) is 11.3 Å². The largest absolute Gasteiger partial charge is 0.493 e. The van der Waals surface area contributed by atoms with Gasteiger partial charge in [-0.05, 0) is 24.6 Å². The lowest BCUT2D eigenvalue weighted by Gasteiger charge is -2.12. The van der Waals surface area contributed by atoms with Crippen molar-refractivity contribution in [1.82, 2.24) is 4.98 Å². The van der Waals surface area contributed by atoms with Crippen LogP contribution in [0.1, 0.15) is 16.8 Å². The maximum atomic E-state index is 11.9. The minimum Gasteiger partial charge on any atom is -0.493 e. The van der Waals surface area contributed by atoms with Gasteiger partial charge in [-0.2, -0.15) is 0 Å². The Bertz CT molecular complexity index is 697. The van der Waals surface area contributed by atoms with Gasteiger partial charge < -0.3 is 14.2 Å². The van der Waals surface area contributed by atoms with Crippen LogP contribution in [0.2, 0.25) is 4.34 Å². The van der Waals surface area contributed by atoms with Gasteiger partial charge in [-0.3, -0.25) is 0 Å². The predicted molar refractivity (Wildman–Crippen MR) is 88.3 cm³/mol. The van der Waals surface area contributed by atoms with Crippen molar-refractivity contribution in [3.63, 3.8) is 0 Å². The molecule has 0 bridgehead atoms. The standard InChI is InChI=1S/C16H16ClNO4S/c1-20-16(19)12-4-11(15-18-7-14(17)23-15)5-13(6-12)22-9-10-2-3-21-8-10/h4-7,10H,2-3,8-9H2,1H3/t10-/m0/s1. The first-order valence-electron chi connectivity index (χ1n) is 7.21. The second-order valence-corrected chi connectivity index (χ2v) is 6.91. The van der Waals surface area contributed by atoms with E-state index in [1.165, 1.54) is 18.4 Å². The second kappa shape index (κ2) is 7.29. The molecule has 1 saturated heterocycles. The van der Waals surface area contributed by atoms with Crippen molar-refractivity contribution >= 4 is 28.9 Å². The molecule has 0 aliphatic carbocycles. The Morgan fingerprint density at radius 3 is 3.00 bits per heavy atom. The highest BCUT2D eigenvalue weighted by molar-refractivity contribution is 7.18. The summed E-state index contributed by atoms with van der Waals surface area (Å²) in [5.41, 5.74) is 1.21. The summed E-state index contributed by atoms with van der Waals surface area (Å²) in [5.74, 6) is 0.583. The van der Waals surface area contributed by atoms with Gasteiger partial charge in [0, 0.05) is 18.1 Å². The van der Waals surface area contributed by atoms with Crippen molar-refractivity contribution in [1.29, 1.82) is 0 Å². The molecule has 1 aliphatic rings. The summed E-state index contributed by atoms with van der Waals surface area (Å²) in [6.07, 6.45) is 2.58. The van der Waals surface area contributed by atoms with E-state index in [0.29, 0.717) is 34.8 Å². The number of carbonyl (C=O) groups excluding carboxylic acids is 1. The van der Waals surface area contributed by atoms with Crippen molar-refractivity contribution in [3.05, 3.63) is 34.3 Å². The zero-order valence-corrected chi connectivity index (χ0v) is 14.2. The molecule has 122 valence electrons. The van der Waals surface area contributed by atoms with Crippen LogP contribution < -0.4 is 4.74 Å². The van der Waals surface area contributed by atoms with E-state index < -0.39 is 5.97 Å². The van der Waals surface area contributed by atoms with E-state index in [4.69, 9.17) is 25.8 Å². The lowest BCUT2D eigenvalue weighted by Crippen LogP contribution is -2.12. The lowest BCUT2D eigenvalue weighted by atomic mass is 10.1. The molecule has 1 aliphatic heterocycles. The molecule has 1 aromatic carbocycles. The normalized spacial score (nSPS) is 17.2. The summed E-state index contributed by atoms with van der Waals surface area (Å²) in [6.45, 7) is 2.05. The number of ether oxygens (including phenoxy) is 3. The van der Waals surface area contributed by atoms with Gasteiger partial charge in [-0.25, -0.2) is 9.78 Å². The summed E-state index contributed by atoms with van der Waals surface area (Å²) in [7, 11) is 1.35. The van der Waals surface area contributed by atoms with Crippen molar-refractivity contribution in [2.45, 2.75) is 6.42 Å². The fourth-order valence-electron chi connectivity index (χ4n) is 2.36. The Labute approximate surface area is 143 Å². The van der Waals surface area contributed by atoms with Gasteiger partial charge in [0.2, 0.25) is 0 Å². The molecule has 23 heavy (non-hydrogen) atoms. The number of rotatable bonds is 5. The van der Waals surface area contributed by atoms with Crippen molar-refractivity contribution in [3.8, 4) is 16.3 Å². The number of thiazole rings is 1. The number of hydrogen-bond acceptors (Lipinski definition) is 6. The van der Waals surface area contributed by atoms with E-state index in [2.05, 4.69) is 4.98 Å². The third kappa shape index (κ3) is 4.02. The van der Waals surface area contributed by atoms with Crippen LogP contribution in [0.25, 0.3) is 10.6 Å². The smallest absolute Gasteiger partial charge is 0.338 e. The highest BCUT2D eigenvalue weighted by Gasteiger charge is 2.18. The molecular formula is C16H16ClNO4S. The van der Waals surface area contributed by atoms with Crippen LogP contribution in [0.3, 0.4) is 0 Å². The quantitative estimate of drug-likeness (QED) is 0.768. The molecule has 2 aromatic rings. The SMILES string of the molecule is COC(=O)c1cc(OC[C@H]2CCOC2)cc(-c2ncc(Cl)s2)c1. The third-order valence-electron chi connectivity index (χ3n) is 3.56. The highest BCUT2D eigenvalue weighted by Crippen LogP contribution is 2.32. The van der Waals surface area contributed by atoms with E-state index >= 15 is 0 Å². The lowest BCUT2D eigenvalue weighted by molar-refractivity contribution is 0.0600. The van der Waals surface area contributed by atoms with Crippen LogP contribution in [0.5, 0.6) is 5.75 Å². The molecule has 5 nitrogen and oxygen atoms in total. The van der Waals surface area contributed by atoms with E-state index in [1.54, 1.807) is 18.3 Å². The minimum atomic E-state index is -0.413. The second-order valence-electron chi connectivity index (χ2n) is 5.25. The molecule has 1 fully saturated rings. The molecular weight excluding hydrogens is 338 g/mol. The zero-order valence-electron chi connectivity index (χ0n) is 12.6. The third-order valence-corrected chi connectivity index (χ3v) is 4.73. The summed E-state index contributed by atoms with van der Waals surface area (Å²) in [6, 6.07) is 5.27. The van der Waals surface area contributed by atoms with E-state index in [0.717, 1.165) is 23.6 Å². The maximum Gasteiger partial charge on any atom is 0.338 e. The molecule has 1 atom stereocenters. The average molecular weight is 354 g/mol. The van der Waals surface area contributed by atoms with Crippen LogP contribution in [0.4, 0.5) is 0 Å². The number of hydrogen-bond donors (Lipinski definition) is 0. The van der Waals surface area contributed by atoms with Gasteiger partial charge in [-0.1, -0.05) is 11.6 Å². The van der Waals surface area contributed by atoms with Crippen LogP contribution in [0.15, 0.2) is 24.4 Å². The summed E-state index contributed by atoms with van der Waals surface area (Å²) < 4.78 is 16.6. The van der Waals surface area contributed by atoms with E-state index in [-0.39, 0.29) is 0 Å². The van der Waals surface area contributed by atoms with Crippen LogP contribution >= 0.6 is 22.9 Å². The Hall–Kier alpha value is -1.63. The number of esters is 1. The maximum absolute atomic E-state index is 11.9. The van der Waals surface area contributed by atoms with Crippen molar-refractivity contribution in [2.75, 3.05) is 26.9 Å². The number of benzene rings is 1. The number of nitrogens with zero attached hydrogens (tertiary/aromatic N) is 1. The summed E-state index contributed by atoms with van der Waals surface area (Å²) >= 11 is 7.29. The summed E-state index contributed by atoms with van der Waals surface area (Å²) in [5, 5.41) is 0.731. The van der Waals surface area contributed by atoms with E-state index in [9.17, 15) is 4.79 Å². The first kappa shape index (κ1) is 16.2. The Kier molecular flexibility index (Phi) is 5.15. The van der Waals surface area contributed by atoms with Gasteiger partial charge >= 0.3 is 5.97 Å². The molecule has 0 amide bonds. The number of methoxy groups -OCH3 is 1. The predicted octanol–water partition coefficient (Wildman–Crippen LogP) is 3.67. The Morgan fingerprint density at radius 2 is 2.35 bits per heavy atom. The van der Waals surface area contributed by atoms with Gasteiger partial charge in [0.15, 0.2) is 0 Å². The number of aromatic nitrogens is 1. The van der Waals surface area contributed by atoms with E-state index in [1.807, 2.05) is 6.07 Å². The zero-order chi connectivity index (χ0) is 16.2. The first-order chi connectivity index (χ1) is 11.2. The fraction of sp³-hybridized carbons (Fsp3) is 0.375.